The lowest BCUT2D eigenvalue weighted by Gasteiger charge is -2.08. The number of carbonyl (C=O) groups excluding carboxylic acids is 1. The molecule has 0 saturated heterocycles. The van der Waals surface area contributed by atoms with E-state index in [1.54, 1.807) is 25.1 Å². The summed E-state index contributed by atoms with van der Waals surface area (Å²) in [4.78, 5) is 13.3. The number of hydrogen-bond donors (Lipinski definition) is 1. The molecular formula is C20H21N3O2S. The van der Waals surface area contributed by atoms with Gasteiger partial charge < -0.3 is 10.1 Å². The lowest BCUT2D eigenvalue weighted by molar-refractivity contribution is -0.115. The van der Waals surface area contributed by atoms with Crippen LogP contribution in [0.2, 0.25) is 0 Å². The van der Waals surface area contributed by atoms with E-state index in [1.807, 2.05) is 65.5 Å². The fourth-order valence-corrected chi connectivity index (χ4v) is 3.34. The molecule has 0 bridgehead atoms. The molecule has 0 saturated carbocycles. The molecule has 0 unspecified atom stereocenters. The van der Waals surface area contributed by atoms with Gasteiger partial charge in [0, 0.05) is 35.2 Å². The highest BCUT2D eigenvalue weighted by molar-refractivity contribution is 7.99. The molecule has 0 aliphatic rings. The standard InChI is InChI=1S/C20H21N3O2S/c1-25-18-6-8-19(9-7-18)26-13-10-20(24)22-17-5-2-4-16(14-17)15-23-12-3-11-21-23/h2-9,11-12,14H,10,13,15H2,1H3,(H,22,24). The Labute approximate surface area is 157 Å². The Morgan fingerprint density at radius 1 is 1.19 bits per heavy atom. The second-order valence-electron chi connectivity index (χ2n) is 5.73. The maximum absolute atomic E-state index is 12.2. The summed E-state index contributed by atoms with van der Waals surface area (Å²) in [5.74, 6) is 1.58. The van der Waals surface area contributed by atoms with E-state index in [1.165, 1.54) is 0 Å². The molecule has 0 radical (unpaired) electrons. The number of carbonyl (C=O) groups is 1. The third-order valence-corrected chi connectivity index (χ3v) is 4.79. The fraction of sp³-hybridized carbons (Fsp3) is 0.200. The smallest absolute Gasteiger partial charge is 0.225 e. The highest BCUT2D eigenvalue weighted by atomic mass is 32.2. The first kappa shape index (κ1) is 18.1. The average Bonchev–Trinajstić information content (AvgIpc) is 3.15. The summed E-state index contributed by atoms with van der Waals surface area (Å²) in [5.41, 5.74) is 1.91. The van der Waals surface area contributed by atoms with Crippen LogP contribution in [0.3, 0.4) is 0 Å². The van der Waals surface area contributed by atoms with E-state index >= 15 is 0 Å². The molecule has 0 fully saturated rings. The van der Waals surface area contributed by atoms with Gasteiger partial charge in [-0.15, -0.1) is 11.8 Å². The number of nitrogens with zero attached hydrogens (tertiary/aromatic N) is 2. The molecule has 3 rings (SSSR count). The molecule has 0 aliphatic heterocycles. The highest BCUT2D eigenvalue weighted by Crippen LogP contribution is 2.22. The van der Waals surface area contributed by atoms with E-state index in [2.05, 4.69) is 10.4 Å². The normalized spacial score (nSPS) is 10.5. The summed E-state index contributed by atoms with van der Waals surface area (Å²) in [6, 6.07) is 17.6. The maximum atomic E-state index is 12.2. The average molecular weight is 367 g/mol. The van der Waals surface area contributed by atoms with Crippen molar-refractivity contribution in [2.24, 2.45) is 0 Å². The van der Waals surface area contributed by atoms with Gasteiger partial charge in [0.05, 0.1) is 13.7 Å². The number of hydrogen-bond acceptors (Lipinski definition) is 4. The molecule has 6 heteroatoms. The fourth-order valence-electron chi connectivity index (χ4n) is 2.49. The molecule has 1 heterocycles. The van der Waals surface area contributed by atoms with Crippen LogP contribution in [0.5, 0.6) is 5.75 Å². The van der Waals surface area contributed by atoms with E-state index in [4.69, 9.17) is 4.74 Å². The molecule has 0 spiro atoms. The van der Waals surface area contributed by atoms with Crippen molar-refractivity contribution in [3.63, 3.8) is 0 Å². The summed E-state index contributed by atoms with van der Waals surface area (Å²) < 4.78 is 7.00. The van der Waals surface area contributed by atoms with Crippen molar-refractivity contribution < 1.29 is 9.53 Å². The molecule has 26 heavy (non-hydrogen) atoms. The topological polar surface area (TPSA) is 56.1 Å². The van der Waals surface area contributed by atoms with Crippen molar-refractivity contribution in [3.8, 4) is 5.75 Å². The molecule has 1 N–H and O–H groups in total. The highest BCUT2D eigenvalue weighted by Gasteiger charge is 2.05. The van der Waals surface area contributed by atoms with Gasteiger partial charge in [-0.1, -0.05) is 12.1 Å². The summed E-state index contributed by atoms with van der Waals surface area (Å²) >= 11 is 1.66. The van der Waals surface area contributed by atoms with Crippen molar-refractivity contribution in [1.82, 2.24) is 9.78 Å². The van der Waals surface area contributed by atoms with Gasteiger partial charge in [0.15, 0.2) is 0 Å². The Hall–Kier alpha value is -2.73. The number of nitrogens with one attached hydrogen (secondary N) is 1. The zero-order valence-corrected chi connectivity index (χ0v) is 15.4. The molecule has 134 valence electrons. The predicted octanol–water partition coefficient (Wildman–Crippen LogP) is 4.06. The Morgan fingerprint density at radius 2 is 2.04 bits per heavy atom. The van der Waals surface area contributed by atoms with Gasteiger partial charge in [-0.2, -0.15) is 5.10 Å². The van der Waals surface area contributed by atoms with Crippen LogP contribution in [0.1, 0.15) is 12.0 Å². The van der Waals surface area contributed by atoms with E-state index in [0.29, 0.717) is 13.0 Å². The quantitative estimate of drug-likeness (QED) is 0.610. The molecule has 0 atom stereocenters. The van der Waals surface area contributed by atoms with Gasteiger partial charge in [0.25, 0.3) is 0 Å². The monoisotopic (exact) mass is 367 g/mol. The third-order valence-electron chi connectivity index (χ3n) is 3.77. The molecular weight excluding hydrogens is 346 g/mol. The Bertz CT molecular complexity index is 833. The van der Waals surface area contributed by atoms with E-state index in [9.17, 15) is 4.79 Å². The van der Waals surface area contributed by atoms with Gasteiger partial charge in [-0.05, 0) is 48.0 Å². The SMILES string of the molecule is COc1ccc(SCCC(=O)Nc2cccc(Cn3cccn3)c2)cc1. The van der Waals surface area contributed by atoms with Crippen molar-refractivity contribution >= 4 is 23.4 Å². The van der Waals surface area contributed by atoms with Gasteiger partial charge in [-0.3, -0.25) is 9.48 Å². The van der Waals surface area contributed by atoms with Gasteiger partial charge >= 0.3 is 0 Å². The Balaban J connectivity index is 1.46. The van der Waals surface area contributed by atoms with Crippen LogP contribution in [0.25, 0.3) is 0 Å². The van der Waals surface area contributed by atoms with Crippen molar-refractivity contribution in [2.75, 3.05) is 18.2 Å². The molecule has 2 aromatic carbocycles. The number of ether oxygens (including phenoxy) is 1. The number of rotatable bonds is 8. The van der Waals surface area contributed by atoms with Crippen LogP contribution in [-0.2, 0) is 11.3 Å². The molecule has 1 aromatic heterocycles. The minimum absolute atomic E-state index is 0.0160. The van der Waals surface area contributed by atoms with Crippen LogP contribution in [0.4, 0.5) is 5.69 Å². The number of anilines is 1. The lowest BCUT2D eigenvalue weighted by Crippen LogP contribution is -2.12. The zero-order chi connectivity index (χ0) is 18.2. The minimum atomic E-state index is 0.0160. The second kappa shape index (κ2) is 9.10. The van der Waals surface area contributed by atoms with Crippen LogP contribution in [0, 0.1) is 0 Å². The number of aromatic nitrogens is 2. The summed E-state index contributed by atoms with van der Waals surface area (Å²) in [7, 11) is 1.65. The number of amides is 1. The van der Waals surface area contributed by atoms with Crippen LogP contribution in [-0.4, -0.2) is 28.6 Å². The van der Waals surface area contributed by atoms with Crippen molar-refractivity contribution in [2.45, 2.75) is 17.9 Å². The molecule has 0 aliphatic carbocycles. The first-order valence-corrected chi connectivity index (χ1v) is 9.34. The number of benzene rings is 2. The van der Waals surface area contributed by atoms with E-state index in [0.717, 1.165) is 27.6 Å². The minimum Gasteiger partial charge on any atom is -0.497 e. The Kier molecular flexibility index (Phi) is 6.33. The first-order valence-electron chi connectivity index (χ1n) is 8.36. The molecule has 1 amide bonds. The number of thioether (sulfide) groups is 1. The third kappa shape index (κ3) is 5.39. The van der Waals surface area contributed by atoms with Crippen molar-refractivity contribution in [1.29, 1.82) is 0 Å². The number of methoxy groups -OCH3 is 1. The Morgan fingerprint density at radius 3 is 2.77 bits per heavy atom. The molecule has 3 aromatic rings. The van der Waals surface area contributed by atoms with Crippen molar-refractivity contribution in [3.05, 3.63) is 72.6 Å². The van der Waals surface area contributed by atoms with E-state index in [-0.39, 0.29) is 5.91 Å². The molecule has 5 nitrogen and oxygen atoms in total. The van der Waals surface area contributed by atoms with Gasteiger partial charge in [0.2, 0.25) is 5.91 Å². The largest absolute Gasteiger partial charge is 0.497 e. The predicted molar refractivity (Wildman–Crippen MR) is 105 cm³/mol. The van der Waals surface area contributed by atoms with E-state index < -0.39 is 0 Å². The lowest BCUT2D eigenvalue weighted by atomic mass is 10.2. The summed E-state index contributed by atoms with van der Waals surface area (Å²) in [5, 5.41) is 7.17. The van der Waals surface area contributed by atoms with Gasteiger partial charge in [0.1, 0.15) is 5.75 Å². The van der Waals surface area contributed by atoms with Crippen LogP contribution < -0.4 is 10.1 Å². The second-order valence-corrected chi connectivity index (χ2v) is 6.89. The van der Waals surface area contributed by atoms with Crippen LogP contribution in [0.15, 0.2) is 71.9 Å². The summed E-state index contributed by atoms with van der Waals surface area (Å²) in [6.07, 6.45) is 4.13. The maximum Gasteiger partial charge on any atom is 0.225 e. The zero-order valence-electron chi connectivity index (χ0n) is 14.6. The van der Waals surface area contributed by atoms with Crippen LogP contribution >= 0.6 is 11.8 Å². The summed E-state index contributed by atoms with van der Waals surface area (Å²) in [6.45, 7) is 0.685. The first-order chi connectivity index (χ1) is 12.7. The van der Waals surface area contributed by atoms with Gasteiger partial charge in [-0.25, -0.2) is 0 Å².